The third-order valence-corrected chi connectivity index (χ3v) is 6.30. The van der Waals surface area contributed by atoms with Gasteiger partial charge in [-0.05, 0) is 54.6 Å². The maximum atomic E-state index is 13.1. The normalized spacial score (nSPS) is 11.4. The lowest BCUT2D eigenvalue weighted by atomic mass is 10.2. The van der Waals surface area contributed by atoms with Crippen molar-refractivity contribution in [1.29, 1.82) is 0 Å². The Hall–Kier alpha value is -3.65. The molecule has 0 aliphatic rings. The Kier molecular flexibility index (Phi) is 5.73. The number of carbonyl (C=O) groups is 1. The maximum absolute atomic E-state index is 13.1. The minimum absolute atomic E-state index is 0.0650. The van der Waals surface area contributed by atoms with E-state index in [2.05, 4.69) is 5.32 Å². The fourth-order valence-corrected chi connectivity index (χ4v) is 4.43. The topological polar surface area (TPSA) is 89.5 Å². The molecule has 2 aromatic carbocycles. The van der Waals surface area contributed by atoms with Crippen LogP contribution in [0.2, 0.25) is 0 Å². The lowest BCUT2D eigenvalue weighted by Crippen LogP contribution is -2.23. The Morgan fingerprint density at radius 1 is 0.935 bits per heavy atom. The maximum Gasteiger partial charge on any atom is 0.287 e. The van der Waals surface area contributed by atoms with Gasteiger partial charge in [0.2, 0.25) is 0 Å². The van der Waals surface area contributed by atoms with E-state index in [4.69, 9.17) is 8.83 Å². The lowest BCUT2D eigenvalue weighted by molar-refractivity contribution is 0.0919. The second-order valence-electron chi connectivity index (χ2n) is 6.80. The summed E-state index contributed by atoms with van der Waals surface area (Å²) in [6.07, 6.45) is 1.28. The molecule has 0 spiro atoms. The highest BCUT2D eigenvalue weighted by Crippen LogP contribution is 2.23. The molecule has 158 valence electrons. The molecule has 6 nitrogen and oxygen atoms in total. The van der Waals surface area contributed by atoms with Crippen LogP contribution in [0.4, 0.5) is 4.39 Å². The average molecular weight is 439 g/mol. The first-order valence-electron chi connectivity index (χ1n) is 9.39. The summed E-state index contributed by atoms with van der Waals surface area (Å²) in [5.41, 5.74) is 0.978. The predicted octanol–water partition coefficient (Wildman–Crippen LogP) is 4.58. The van der Waals surface area contributed by atoms with E-state index in [9.17, 15) is 17.6 Å². The fraction of sp³-hybridized carbons (Fsp3) is 0.0870. The number of hydrogen-bond donors (Lipinski definition) is 1. The van der Waals surface area contributed by atoms with Crippen LogP contribution in [0.25, 0.3) is 11.3 Å². The first-order chi connectivity index (χ1) is 14.9. The van der Waals surface area contributed by atoms with Crippen molar-refractivity contribution in [2.24, 2.45) is 0 Å². The molecule has 2 heterocycles. The van der Waals surface area contributed by atoms with Crippen molar-refractivity contribution in [3.8, 4) is 11.3 Å². The molecule has 0 saturated heterocycles. The number of furan rings is 2. The van der Waals surface area contributed by atoms with Crippen LogP contribution in [0.15, 0.2) is 92.8 Å². The standard InChI is InChI=1S/C23H18FNO5S/c24-18-8-6-16(7-9-18)21-11-10-19(30-21)14-25-23(26)22-17(12-13-29-22)15-31(27,28)20-4-2-1-3-5-20/h1-13H,14-15H2,(H,25,26). The second kappa shape index (κ2) is 8.61. The second-order valence-corrected chi connectivity index (χ2v) is 8.79. The van der Waals surface area contributed by atoms with Crippen molar-refractivity contribution in [1.82, 2.24) is 5.32 Å². The highest BCUT2D eigenvalue weighted by atomic mass is 32.2. The number of amides is 1. The molecule has 4 aromatic rings. The fourth-order valence-electron chi connectivity index (χ4n) is 3.05. The van der Waals surface area contributed by atoms with Crippen molar-refractivity contribution in [3.05, 3.63) is 102 Å². The minimum Gasteiger partial charge on any atom is -0.459 e. The Balaban J connectivity index is 1.43. The van der Waals surface area contributed by atoms with Crippen molar-refractivity contribution < 1.29 is 26.4 Å². The number of rotatable bonds is 7. The summed E-state index contributed by atoms with van der Waals surface area (Å²) >= 11 is 0. The molecule has 0 unspecified atom stereocenters. The molecule has 2 aromatic heterocycles. The monoisotopic (exact) mass is 439 g/mol. The van der Waals surface area contributed by atoms with Crippen molar-refractivity contribution >= 4 is 15.7 Å². The van der Waals surface area contributed by atoms with Crippen LogP contribution >= 0.6 is 0 Å². The van der Waals surface area contributed by atoms with Crippen molar-refractivity contribution in [2.45, 2.75) is 17.2 Å². The molecule has 0 bridgehead atoms. The first kappa shape index (κ1) is 20.6. The molecular weight excluding hydrogens is 421 g/mol. The number of sulfone groups is 1. The minimum atomic E-state index is -3.62. The van der Waals surface area contributed by atoms with Gasteiger partial charge in [0.1, 0.15) is 17.3 Å². The van der Waals surface area contributed by atoms with E-state index in [0.717, 1.165) is 0 Å². The van der Waals surface area contributed by atoms with E-state index in [0.29, 0.717) is 17.1 Å². The number of halogens is 1. The SMILES string of the molecule is O=C(NCc1ccc(-c2ccc(F)cc2)o1)c1occc1CS(=O)(=O)c1ccccc1. The Bertz CT molecular complexity index is 1290. The largest absolute Gasteiger partial charge is 0.459 e. The lowest BCUT2D eigenvalue weighted by Gasteiger charge is -2.06. The van der Waals surface area contributed by atoms with Gasteiger partial charge in [0.05, 0.1) is 23.5 Å². The van der Waals surface area contributed by atoms with Gasteiger partial charge in [0, 0.05) is 11.1 Å². The van der Waals surface area contributed by atoms with E-state index in [1.54, 1.807) is 42.5 Å². The van der Waals surface area contributed by atoms with Gasteiger partial charge in [-0.25, -0.2) is 12.8 Å². The summed E-state index contributed by atoms with van der Waals surface area (Å²) in [6, 6.07) is 18.8. The Morgan fingerprint density at radius 3 is 2.42 bits per heavy atom. The van der Waals surface area contributed by atoms with E-state index in [1.165, 1.54) is 36.6 Å². The Morgan fingerprint density at radius 2 is 1.68 bits per heavy atom. The van der Waals surface area contributed by atoms with Crippen LogP contribution in [0.5, 0.6) is 0 Å². The molecule has 1 N–H and O–H groups in total. The van der Waals surface area contributed by atoms with Crippen LogP contribution in [-0.2, 0) is 22.1 Å². The zero-order valence-electron chi connectivity index (χ0n) is 16.2. The third kappa shape index (κ3) is 4.75. The van der Waals surface area contributed by atoms with Crippen molar-refractivity contribution in [3.63, 3.8) is 0 Å². The molecule has 0 aliphatic carbocycles. The quantitative estimate of drug-likeness (QED) is 0.455. The summed E-state index contributed by atoms with van der Waals surface area (Å²) in [5, 5.41) is 2.66. The molecule has 8 heteroatoms. The zero-order valence-corrected chi connectivity index (χ0v) is 17.1. The zero-order chi connectivity index (χ0) is 21.8. The van der Waals surface area contributed by atoms with E-state index >= 15 is 0 Å². The molecule has 0 atom stereocenters. The molecule has 0 aliphatic heterocycles. The molecule has 31 heavy (non-hydrogen) atoms. The van der Waals surface area contributed by atoms with Crippen LogP contribution in [0.3, 0.4) is 0 Å². The average Bonchev–Trinajstić information content (AvgIpc) is 3.43. The summed E-state index contributed by atoms with van der Waals surface area (Å²) in [4.78, 5) is 12.7. The summed E-state index contributed by atoms with van der Waals surface area (Å²) in [6.45, 7) is 0.0750. The van der Waals surface area contributed by atoms with E-state index < -0.39 is 15.7 Å². The summed E-state index contributed by atoms with van der Waals surface area (Å²) < 4.78 is 49.2. The van der Waals surface area contributed by atoms with Crippen LogP contribution in [0, 0.1) is 5.82 Å². The van der Waals surface area contributed by atoms with E-state index in [1.807, 2.05) is 0 Å². The van der Waals surface area contributed by atoms with Gasteiger partial charge in [-0.3, -0.25) is 4.79 Å². The van der Waals surface area contributed by atoms with Crippen LogP contribution in [-0.4, -0.2) is 14.3 Å². The smallest absolute Gasteiger partial charge is 0.287 e. The van der Waals surface area contributed by atoms with Gasteiger partial charge >= 0.3 is 0 Å². The van der Waals surface area contributed by atoms with Gasteiger partial charge in [-0.2, -0.15) is 0 Å². The van der Waals surface area contributed by atoms with Gasteiger partial charge in [0.15, 0.2) is 15.6 Å². The number of benzene rings is 2. The van der Waals surface area contributed by atoms with Gasteiger partial charge in [-0.1, -0.05) is 18.2 Å². The van der Waals surface area contributed by atoms with E-state index in [-0.39, 0.29) is 34.3 Å². The summed E-state index contributed by atoms with van der Waals surface area (Å²) in [7, 11) is -3.62. The number of nitrogens with one attached hydrogen (secondary N) is 1. The highest BCUT2D eigenvalue weighted by molar-refractivity contribution is 7.90. The van der Waals surface area contributed by atoms with Crippen LogP contribution < -0.4 is 5.32 Å². The van der Waals surface area contributed by atoms with Gasteiger partial charge < -0.3 is 14.2 Å². The molecule has 0 radical (unpaired) electrons. The molecule has 0 fully saturated rings. The molecule has 0 saturated carbocycles. The highest BCUT2D eigenvalue weighted by Gasteiger charge is 2.22. The summed E-state index contributed by atoms with van der Waals surface area (Å²) in [5.74, 6) is -0.292. The third-order valence-electron chi connectivity index (χ3n) is 4.61. The molecular formula is C23H18FNO5S. The van der Waals surface area contributed by atoms with Gasteiger partial charge in [-0.15, -0.1) is 0 Å². The van der Waals surface area contributed by atoms with Crippen LogP contribution in [0.1, 0.15) is 21.9 Å². The molecule has 1 amide bonds. The Labute approximate surface area is 178 Å². The molecule has 4 rings (SSSR count). The number of hydrogen-bond acceptors (Lipinski definition) is 5. The van der Waals surface area contributed by atoms with Crippen molar-refractivity contribution in [2.75, 3.05) is 0 Å². The number of carbonyl (C=O) groups excluding carboxylic acids is 1. The predicted molar refractivity (Wildman–Crippen MR) is 111 cm³/mol. The van der Waals surface area contributed by atoms with Gasteiger partial charge in [0.25, 0.3) is 5.91 Å². The first-order valence-corrected chi connectivity index (χ1v) is 11.0.